The smallest absolute Gasteiger partial charge is 0.242 e. The Morgan fingerprint density at radius 1 is 1.20 bits per heavy atom. The summed E-state index contributed by atoms with van der Waals surface area (Å²) < 4.78 is 1.01. The quantitative estimate of drug-likeness (QED) is 0.831. The maximum absolute atomic E-state index is 12.3. The molecule has 2 heterocycles. The molecule has 3 rings (SSSR count). The summed E-state index contributed by atoms with van der Waals surface area (Å²) >= 11 is 3.45. The number of rotatable bonds is 2. The van der Waals surface area contributed by atoms with E-state index in [4.69, 9.17) is 0 Å². The zero-order chi connectivity index (χ0) is 14.1. The molecule has 0 saturated carbocycles. The second-order valence-electron chi connectivity index (χ2n) is 5.34. The Kier molecular flexibility index (Phi) is 3.78. The van der Waals surface area contributed by atoms with E-state index < -0.39 is 0 Å². The van der Waals surface area contributed by atoms with Gasteiger partial charge in [0, 0.05) is 29.7 Å². The average Bonchev–Trinajstić information content (AvgIpc) is 2.96. The van der Waals surface area contributed by atoms with Crippen LogP contribution in [0.1, 0.15) is 24.8 Å². The molecular weight excluding hydrogens is 320 g/mol. The maximum atomic E-state index is 12.3. The Morgan fingerprint density at radius 3 is 2.70 bits per heavy atom. The molecule has 2 amide bonds. The SMILES string of the molecule is O=C(CN1C(=O)CCc2cc(Br)ccc21)N1CCCC1. The number of carbonyl (C=O) groups excluding carboxylic acids is 2. The van der Waals surface area contributed by atoms with Gasteiger partial charge in [-0.1, -0.05) is 15.9 Å². The summed E-state index contributed by atoms with van der Waals surface area (Å²) in [6.07, 6.45) is 3.38. The van der Waals surface area contributed by atoms with E-state index in [1.165, 1.54) is 0 Å². The molecule has 0 radical (unpaired) electrons. The number of benzene rings is 1. The van der Waals surface area contributed by atoms with Crippen LogP contribution in [0.25, 0.3) is 0 Å². The molecular formula is C15H17BrN2O2. The van der Waals surface area contributed by atoms with Crippen LogP contribution in [0.2, 0.25) is 0 Å². The largest absolute Gasteiger partial charge is 0.341 e. The molecule has 1 aromatic carbocycles. The van der Waals surface area contributed by atoms with Crippen LogP contribution in [-0.2, 0) is 16.0 Å². The van der Waals surface area contributed by atoms with E-state index >= 15 is 0 Å². The van der Waals surface area contributed by atoms with E-state index in [0.717, 1.165) is 48.1 Å². The predicted octanol–water partition coefficient (Wildman–Crippen LogP) is 2.35. The topological polar surface area (TPSA) is 40.6 Å². The van der Waals surface area contributed by atoms with Crippen molar-refractivity contribution in [3.63, 3.8) is 0 Å². The summed E-state index contributed by atoms with van der Waals surface area (Å²) in [6, 6.07) is 5.88. The van der Waals surface area contributed by atoms with Gasteiger partial charge in [-0.05, 0) is 43.0 Å². The third-order valence-electron chi connectivity index (χ3n) is 3.99. The van der Waals surface area contributed by atoms with Crippen LogP contribution < -0.4 is 4.90 Å². The van der Waals surface area contributed by atoms with E-state index in [9.17, 15) is 9.59 Å². The van der Waals surface area contributed by atoms with Crippen molar-refractivity contribution in [1.29, 1.82) is 0 Å². The van der Waals surface area contributed by atoms with Gasteiger partial charge in [0.1, 0.15) is 6.54 Å². The lowest BCUT2D eigenvalue weighted by Gasteiger charge is -2.30. The number of hydrogen-bond donors (Lipinski definition) is 0. The molecule has 0 spiro atoms. The minimum atomic E-state index is 0.0485. The molecule has 2 aliphatic heterocycles. The molecule has 4 nitrogen and oxygen atoms in total. The van der Waals surface area contributed by atoms with Crippen LogP contribution in [0.3, 0.4) is 0 Å². The van der Waals surface area contributed by atoms with E-state index in [-0.39, 0.29) is 18.4 Å². The molecule has 106 valence electrons. The number of amides is 2. The zero-order valence-corrected chi connectivity index (χ0v) is 12.9. The molecule has 0 atom stereocenters. The Balaban J connectivity index is 1.82. The highest BCUT2D eigenvalue weighted by Crippen LogP contribution is 2.30. The summed E-state index contributed by atoms with van der Waals surface area (Å²) in [4.78, 5) is 27.9. The van der Waals surface area contributed by atoms with Gasteiger partial charge in [0.25, 0.3) is 0 Å². The van der Waals surface area contributed by atoms with Crippen molar-refractivity contribution < 1.29 is 9.59 Å². The monoisotopic (exact) mass is 336 g/mol. The van der Waals surface area contributed by atoms with Crippen molar-refractivity contribution in [3.8, 4) is 0 Å². The lowest BCUT2D eigenvalue weighted by molar-refractivity contribution is -0.130. The number of nitrogens with zero attached hydrogens (tertiary/aromatic N) is 2. The van der Waals surface area contributed by atoms with E-state index in [0.29, 0.717) is 6.42 Å². The molecule has 20 heavy (non-hydrogen) atoms. The molecule has 0 N–H and O–H groups in total. The van der Waals surface area contributed by atoms with Gasteiger partial charge in [0.2, 0.25) is 11.8 Å². The molecule has 0 aromatic heterocycles. The highest BCUT2D eigenvalue weighted by atomic mass is 79.9. The van der Waals surface area contributed by atoms with Gasteiger partial charge < -0.3 is 9.80 Å². The first kappa shape index (κ1) is 13.6. The van der Waals surface area contributed by atoms with E-state index in [2.05, 4.69) is 15.9 Å². The van der Waals surface area contributed by atoms with Gasteiger partial charge in [0.15, 0.2) is 0 Å². The molecule has 0 unspecified atom stereocenters. The standard InChI is InChI=1S/C15H17BrN2O2/c16-12-4-5-13-11(9-12)3-6-14(19)18(13)10-15(20)17-7-1-2-8-17/h4-5,9H,1-3,6-8,10H2. The summed E-state index contributed by atoms with van der Waals surface area (Å²) in [5.41, 5.74) is 2.02. The Labute approximate surface area is 126 Å². The average molecular weight is 337 g/mol. The first-order valence-electron chi connectivity index (χ1n) is 7.02. The molecule has 5 heteroatoms. The number of hydrogen-bond acceptors (Lipinski definition) is 2. The van der Waals surface area contributed by atoms with Crippen LogP contribution >= 0.6 is 15.9 Å². The number of halogens is 1. The predicted molar refractivity (Wildman–Crippen MR) is 80.6 cm³/mol. The second kappa shape index (κ2) is 5.56. The fourth-order valence-electron chi connectivity index (χ4n) is 2.90. The van der Waals surface area contributed by atoms with Crippen LogP contribution in [0.5, 0.6) is 0 Å². The van der Waals surface area contributed by atoms with Gasteiger partial charge in [-0.15, -0.1) is 0 Å². The third-order valence-corrected chi connectivity index (χ3v) is 4.49. The summed E-state index contributed by atoms with van der Waals surface area (Å²) in [5.74, 6) is 0.110. The molecule has 1 saturated heterocycles. The van der Waals surface area contributed by atoms with Crippen molar-refractivity contribution in [1.82, 2.24) is 4.90 Å². The number of aryl methyl sites for hydroxylation is 1. The molecule has 2 aliphatic rings. The summed E-state index contributed by atoms with van der Waals surface area (Å²) in [6.45, 7) is 1.83. The molecule has 0 bridgehead atoms. The maximum Gasteiger partial charge on any atom is 0.242 e. The fourth-order valence-corrected chi connectivity index (χ4v) is 3.31. The lowest BCUT2D eigenvalue weighted by Crippen LogP contribution is -2.44. The third kappa shape index (κ3) is 2.59. The Morgan fingerprint density at radius 2 is 1.95 bits per heavy atom. The van der Waals surface area contributed by atoms with Crippen LogP contribution in [0, 0.1) is 0 Å². The molecule has 1 aromatic rings. The second-order valence-corrected chi connectivity index (χ2v) is 6.26. The van der Waals surface area contributed by atoms with Crippen LogP contribution in [0.15, 0.2) is 22.7 Å². The number of fused-ring (bicyclic) bond motifs is 1. The van der Waals surface area contributed by atoms with Gasteiger partial charge in [-0.25, -0.2) is 0 Å². The summed E-state index contributed by atoms with van der Waals surface area (Å²) in [7, 11) is 0. The highest BCUT2D eigenvalue weighted by molar-refractivity contribution is 9.10. The van der Waals surface area contributed by atoms with Crippen LogP contribution in [0.4, 0.5) is 5.69 Å². The molecule has 0 aliphatic carbocycles. The number of likely N-dealkylation sites (tertiary alicyclic amines) is 1. The van der Waals surface area contributed by atoms with Crippen molar-refractivity contribution in [3.05, 3.63) is 28.2 Å². The summed E-state index contributed by atoms with van der Waals surface area (Å²) in [5, 5.41) is 0. The van der Waals surface area contributed by atoms with Crippen molar-refractivity contribution in [2.45, 2.75) is 25.7 Å². The van der Waals surface area contributed by atoms with Gasteiger partial charge in [-0.2, -0.15) is 0 Å². The first-order valence-corrected chi connectivity index (χ1v) is 7.81. The Bertz CT molecular complexity index is 553. The normalized spacial score (nSPS) is 18.4. The number of carbonyl (C=O) groups is 2. The molecule has 1 fully saturated rings. The number of anilines is 1. The van der Waals surface area contributed by atoms with Gasteiger partial charge >= 0.3 is 0 Å². The van der Waals surface area contributed by atoms with Crippen molar-refractivity contribution in [2.75, 3.05) is 24.5 Å². The minimum absolute atomic E-state index is 0.0485. The van der Waals surface area contributed by atoms with E-state index in [1.54, 1.807) is 4.90 Å². The lowest BCUT2D eigenvalue weighted by atomic mass is 10.0. The fraction of sp³-hybridized carbons (Fsp3) is 0.467. The van der Waals surface area contributed by atoms with Gasteiger partial charge in [0.05, 0.1) is 0 Å². The van der Waals surface area contributed by atoms with Crippen molar-refractivity contribution >= 4 is 33.4 Å². The van der Waals surface area contributed by atoms with E-state index in [1.807, 2.05) is 23.1 Å². The van der Waals surface area contributed by atoms with Crippen LogP contribution in [-0.4, -0.2) is 36.3 Å². The highest BCUT2D eigenvalue weighted by Gasteiger charge is 2.28. The van der Waals surface area contributed by atoms with Gasteiger partial charge in [-0.3, -0.25) is 9.59 Å². The zero-order valence-electron chi connectivity index (χ0n) is 11.3. The Hall–Kier alpha value is -1.36. The van der Waals surface area contributed by atoms with Crippen molar-refractivity contribution in [2.24, 2.45) is 0 Å². The first-order chi connectivity index (χ1) is 9.65. The minimum Gasteiger partial charge on any atom is -0.341 e.